The maximum absolute atomic E-state index is 13.6. The summed E-state index contributed by atoms with van der Waals surface area (Å²) in [5.74, 6) is 2.01. The number of nitrogens with zero attached hydrogens (tertiary/aromatic N) is 1. The van der Waals surface area contributed by atoms with Crippen molar-refractivity contribution in [3.63, 3.8) is 0 Å². The second kappa shape index (κ2) is 5.06. The molecule has 0 aliphatic carbocycles. The summed E-state index contributed by atoms with van der Waals surface area (Å²) in [6.07, 6.45) is 0. The van der Waals surface area contributed by atoms with Crippen molar-refractivity contribution in [1.82, 2.24) is 0 Å². The van der Waals surface area contributed by atoms with E-state index in [0.29, 0.717) is 11.6 Å². The normalized spacial score (nSPS) is 21.2. The van der Waals surface area contributed by atoms with E-state index in [0.717, 1.165) is 23.7 Å². The van der Waals surface area contributed by atoms with Gasteiger partial charge in [-0.2, -0.15) is 11.8 Å². The molecule has 1 aromatic rings. The fraction of sp³-hybridized carbons (Fsp3) is 0.500. The largest absolute Gasteiger partial charge is 0.367 e. The second-order valence-corrected chi connectivity index (χ2v) is 5.21. The highest BCUT2D eigenvalue weighted by molar-refractivity contribution is 7.99. The second-order valence-electron chi connectivity index (χ2n) is 4.06. The molecule has 2 rings (SSSR count). The molecular formula is C12H17FN2S. The molecule has 1 saturated heterocycles. The van der Waals surface area contributed by atoms with Crippen molar-refractivity contribution in [1.29, 1.82) is 0 Å². The topological polar surface area (TPSA) is 29.3 Å². The molecule has 1 fully saturated rings. The Kier molecular flexibility index (Phi) is 3.71. The van der Waals surface area contributed by atoms with Gasteiger partial charge in [0.2, 0.25) is 0 Å². The van der Waals surface area contributed by atoms with Crippen LogP contribution in [0.15, 0.2) is 18.2 Å². The highest BCUT2D eigenvalue weighted by Gasteiger charge is 2.21. The Labute approximate surface area is 100 Å². The van der Waals surface area contributed by atoms with Crippen LogP contribution < -0.4 is 10.6 Å². The Morgan fingerprint density at radius 1 is 1.56 bits per heavy atom. The SMILES string of the molecule is CC1CSCCN1c1cccc(F)c1CN. The van der Waals surface area contributed by atoms with Crippen molar-refractivity contribution in [2.24, 2.45) is 5.73 Å². The van der Waals surface area contributed by atoms with Crippen molar-refractivity contribution in [3.05, 3.63) is 29.6 Å². The molecule has 0 aromatic heterocycles. The van der Waals surface area contributed by atoms with Gasteiger partial charge < -0.3 is 10.6 Å². The summed E-state index contributed by atoms with van der Waals surface area (Å²) in [7, 11) is 0. The number of anilines is 1. The molecule has 2 nitrogen and oxygen atoms in total. The van der Waals surface area contributed by atoms with Crippen LogP contribution in [-0.2, 0) is 6.54 Å². The van der Waals surface area contributed by atoms with Crippen molar-refractivity contribution >= 4 is 17.4 Å². The lowest BCUT2D eigenvalue weighted by molar-refractivity contribution is 0.605. The third kappa shape index (κ3) is 2.18. The van der Waals surface area contributed by atoms with E-state index in [1.807, 2.05) is 17.8 Å². The molecule has 1 aliphatic rings. The molecule has 88 valence electrons. The van der Waals surface area contributed by atoms with Crippen LogP contribution in [0.5, 0.6) is 0 Å². The first-order valence-electron chi connectivity index (χ1n) is 5.56. The summed E-state index contributed by atoms with van der Waals surface area (Å²) in [5, 5.41) is 0. The molecule has 0 bridgehead atoms. The standard InChI is InChI=1S/C12H17FN2S/c1-9-8-16-6-5-15(9)12-4-2-3-11(13)10(12)7-14/h2-4,9H,5-8,14H2,1H3. The van der Waals surface area contributed by atoms with Crippen molar-refractivity contribution in [2.45, 2.75) is 19.5 Å². The first-order valence-corrected chi connectivity index (χ1v) is 6.71. The molecule has 1 aliphatic heterocycles. The molecule has 4 heteroatoms. The van der Waals surface area contributed by atoms with Gasteiger partial charge in [0.1, 0.15) is 5.82 Å². The minimum absolute atomic E-state index is 0.189. The summed E-state index contributed by atoms with van der Waals surface area (Å²) in [5.41, 5.74) is 7.24. The van der Waals surface area contributed by atoms with Crippen LogP contribution in [0.4, 0.5) is 10.1 Å². The summed E-state index contributed by atoms with van der Waals surface area (Å²) in [4.78, 5) is 2.27. The molecule has 16 heavy (non-hydrogen) atoms. The Hall–Kier alpha value is -0.740. The zero-order chi connectivity index (χ0) is 11.5. The van der Waals surface area contributed by atoms with Crippen LogP contribution in [0.3, 0.4) is 0 Å². The van der Waals surface area contributed by atoms with Gasteiger partial charge in [0, 0.05) is 41.9 Å². The van der Waals surface area contributed by atoms with Crippen LogP contribution in [0.1, 0.15) is 12.5 Å². The van der Waals surface area contributed by atoms with Crippen LogP contribution in [0.2, 0.25) is 0 Å². The summed E-state index contributed by atoms with van der Waals surface area (Å²) < 4.78 is 13.6. The van der Waals surface area contributed by atoms with E-state index < -0.39 is 0 Å². The molecular weight excluding hydrogens is 223 g/mol. The van der Waals surface area contributed by atoms with Crippen LogP contribution in [0, 0.1) is 5.82 Å². The Morgan fingerprint density at radius 2 is 2.38 bits per heavy atom. The van der Waals surface area contributed by atoms with Crippen LogP contribution in [0.25, 0.3) is 0 Å². The molecule has 0 spiro atoms. The van der Waals surface area contributed by atoms with E-state index in [9.17, 15) is 4.39 Å². The van der Waals surface area contributed by atoms with E-state index in [-0.39, 0.29) is 12.4 Å². The number of nitrogens with two attached hydrogens (primary N) is 1. The maximum Gasteiger partial charge on any atom is 0.129 e. The van der Waals surface area contributed by atoms with Gasteiger partial charge in [-0.1, -0.05) is 6.07 Å². The molecule has 1 unspecified atom stereocenters. The van der Waals surface area contributed by atoms with E-state index in [2.05, 4.69) is 11.8 Å². The molecule has 1 heterocycles. The number of rotatable bonds is 2. The smallest absolute Gasteiger partial charge is 0.129 e. The molecule has 1 atom stereocenters. The molecule has 0 radical (unpaired) electrons. The number of hydrogen-bond donors (Lipinski definition) is 1. The van der Waals surface area contributed by atoms with Gasteiger partial charge >= 0.3 is 0 Å². The summed E-state index contributed by atoms with van der Waals surface area (Å²) in [6.45, 7) is 3.41. The summed E-state index contributed by atoms with van der Waals surface area (Å²) in [6, 6.07) is 5.66. The first-order chi connectivity index (χ1) is 7.74. The highest BCUT2D eigenvalue weighted by Crippen LogP contribution is 2.28. The van der Waals surface area contributed by atoms with E-state index in [1.54, 1.807) is 6.07 Å². The quantitative estimate of drug-likeness (QED) is 0.859. The Balaban J connectivity index is 2.34. The zero-order valence-corrected chi connectivity index (χ0v) is 10.3. The van der Waals surface area contributed by atoms with Gasteiger partial charge in [0.15, 0.2) is 0 Å². The number of benzene rings is 1. The predicted molar refractivity (Wildman–Crippen MR) is 68.4 cm³/mol. The van der Waals surface area contributed by atoms with Crippen molar-refractivity contribution in [3.8, 4) is 0 Å². The Bertz CT molecular complexity index is 370. The lowest BCUT2D eigenvalue weighted by atomic mass is 10.1. The van der Waals surface area contributed by atoms with Crippen LogP contribution >= 0.6 is 11.8 Å². The van der Waals surface area contributed by atoms with E-state index in [1.165, 1.54) is 6.07 Å². The lowest BCUT2D eigenvalue weighted by Crippen LogP contribution is -2.41. The van der Waals surface area contributed by atoms with Gasteiger partial charge in [0.25, 0.3) is 0 Å². The monoisotopic (exact) mass is 240 g/mol. The fourth-order valence-electron chi connectivity index (χ4n) is 2.10. The average Bonchev–Trinajstić information content (AvgIpc) is 2.29. The van der Waals surface area contributed by atoms with Gasteiger partial charge in [-0.05, 0) is 19.1 Å². The molecule has 1 aromatic carbocycles. The number of thioether (sulfide) groups is 1. The van der Waals surface area contributed by atoms with E-state index in [4.69, 9.17) is 5.73 Å². The lowest BCUT2D eigenvalue weighted by Gasteiger charge is -2.36. The fourth-order valence-corrected chi connectivity index (χ4v) is 3.12. The number of hydrogen-bond acceptors (Lipinski definition) is 3. The van der Waals surface area contributed by atoms with E-state index >= 15 is 0 Å². The minimum Gasteiger partial charge on any atom is -0.367 e. The average molecular weight is 240 g/mol. The maximum atomic E-state index is 13.6. The van der Waals surface area contributed by atoms with Crippen molar-refractivity contribution in [2.75, 3.05) is 23.0 Å². The third-order valence-electron chi connectivity index (χ3n) is 2.98. The molecule has 2 N–H and O–H groups in total. The highest BCUT2D eigenvalue weighted by atomic mass is 32.2. The molecule has 0 amide bonds. The number of halogens is 1. The summed E-state index contributed by atoms with van der Waals surface area (Å²) >= 11 is 1.95. The predicted octanol–water partition coefficient (Wildman–Crippen LogP) is 2.23. The van der Waals surface area contributed by atoms with Crippen LogP contribution in [-0.4, -0.2) is 24.1 Å². The van der Waals surface area contributed by atoms with Gasteiger partial charge in [-0.25, -0.2) is 4.39 Å². The third-order valence-corrected chi connectivity index (χ3v) is 4.16. The Morgan fingerprint density at radius 3 is 3.06 bits per heavy atom. The zero-order valence-electron chi connectivity index (χ0n) is 9.45. The van der Waals surface area contributed by atoms with Gasteiger partial charge in [-0.3, -0.25) is 0 Å². The minimum atomic E-state index is -0.189. The first kappa shape index (κ1) is 11.7. The molecule has 0 saturated carbocycles. The van der Waals surface area contributed by atoms with Gasteiger partial charge in [-0.15, -0.1) is 0 Å². The van der Waals surface area contributed by atoms with Crippen molar-refractivity contribution < 1.29 is 4.39 Å². The van der Waals surface area contributed by atoms with Gasteiger partial charge in [0.05, 0.1) is 0 Å².